The van der Waals surface area contributed by atoms with Crippen molar-refractivity contribution in [2.45, 2.75) is 32.1 Å². The largest absolute Gasteiger partial charge is 0.438 e. The van der Waals surface area contributed by atoms with Gasteiger partial charge >= 0.3 is 0 Å². The highest BCUT2D eigenvalue weighted by Crippen LogP contribution is 2.49. The van der Waals surface area contributed by atoms with Crippen LogP contribution in [0.1, 0.15) is 47.6 Å². The summed E-state index contributed by atoms with van der Waals surface area (Å²) in [5.74, 6) is 2.16. The third kappa shape index (κ3) is 3.66. The van der Waals surface area contributed by atoms with E-state index in [4.69, 9.17) is 19.8 Å². The zero-order chi connectivity index (χ0) is 24.9. The van der Waals surface area contributed by atoms with Crippen molar-refractivity contribution in [3.63, 3.8) is 0 Å². The number of hydrogen-bond donors (Lipinski definition) is 0. The topological polar surface area (TPSA) is 70.1 Å². The summed E-state index contributed by atoms with van der Waals surface area (Å²) in [7, 11) is 1.91. The van der Waals surface area contributed by atoms with Crippen LogP contribution in [0.3, 0.4) is 0 Å². The van der Waals surface area contributed by atoms with Crippen molar-refractivity contribution in [2.24, 2.45) is 7.05 Å². The van der Waals surface area contributed by atoms with Gasteiger partial charge in [-0.1, -0.05) is 60.7 Å². The number of benzene rings is 2. The van der Waals surface area contributed by atoms with Crippen LogP contribution >= 0.6 is 0 Å². The van der Waals surface area contributed by atoms with Crippen LogP contribution in [0.15, 0.2) is 90.0 Å². The first-order valence-corrected chi connectivity index (χ1v) is 12.6. The first kappa shape index (κ1) is 21.7. The standard InChI is InChI=1S/C30H26N6O/c1-19-16-24(35(2)33-19)28-32-29-26-25(21-12-7-4-8-13-21)23-15-9-14-22(17-20-10-5-3-6-11-20)27(23)37-30(26)31-18-36(29)34-28/h3-8,10-13,16-18,25H,9,14-15H2,1-2H3/b22-17+. The molecule has 182 valence electrons. The second-order valence-electron chi connectivity index (χ2n) is 9.70. The first-order valence-electron chi connectivity index (χ1n) is 12.6. The van der Waals surface area contributed by atoms with Crippen molar-refractivity contribution < 1.29 is 4.74 Å². The zero-order valence-electron chi connectivity index (χ0n) is 20.8. The molecule has 0 bridgehead atoms. The van der Waals surface area contributed by atoms with Crippen molar-refractivity contribution in [1.82, 2.24) is 29.4 Å². The molecule has 1 unspecified atom stereocenters. The highest BCUT2D eigenvalue weighted by molar-refractivity contribution is 5.68. The third-order valence-corrected chi connectivity index (χ3v) is 7.20. The fraction of sp³-hybridized carbons (Fsp3) is 0.200. The fourth-order valence-corrected chi connectivity index (χ4v) is 5.60. The molecule has 0 amide bonds. The van der Waals surface area contributed by atoms with Crippen molar-refractivity contribution in [3.8, 4) is 17.4 Å². The van der Waals surface area contributed by atoms with E-state index < -0.39 is 0 Å². The first-order chi connectivity index (χ1) is 18.2. The molecule has 0 N–H and O–H groups in total. The smallest absolute Gasteiger partial charge is 0.228 e. The summed E-state index contributed by atoms with van der Waals surface area (Å²) < 4.78 is 10.2. The van der Waals surface area contributed by atoms with E-state index in [0.29, 0.717) is 11.7 Å². The van der Waals surface area contributed by atoms with E-state index in [0.717, 1.165) is 47.6 Å². The number of aryl methyl sites for hydroxylation is 2. The van der Waals surface area contributed by atoms with Crippen molar-refractivity contribution >= 4 is 11.7 Å². The van der Waals surface area contributed by atoms with Gasteiger partial charge in [0.2, 0.25) is 5.88 Å². The lowest BCUT2D eigenvalue weighted by Crippen LogP contribution is -2.22. The molecular weight excluding hydrogens is 460 g/mol. The molecule has 37 heavy (non-hydrogen) atoms. The molecule has 7 rings (SSSR count). The van der Waals surface area contributed by atoms with Crippen LogP contribution in [0.4, 0.5) is 0 Å². The number of ether oxygens (including phenoxy) is 1. The number of hydrogen-bond acceptors (Lipinski definition) is 5. The van der Waals surface area contributed by atoms with Gasteiger partial charge in [-0.2, -0.15) is 5.10 Å². The van der Waals surface area contributed by atoms with E-state index in [1.54, 1.807) is 10.8 Å². The lowest BCUT2D eigenvalue weighted by Gasteiger charge is -2.34. The predicted molar refractivity (Wildman–Crippen MR) is 142 cm³/mol. The van der Waals surface area contributed by atoms with Crippen molar-refractivity contribution in [3.05, 3.63) is 112 Å². The van der Waals surface area contributed by atoms with Crippen LogP contribution < -0.4 is 4.74 Å². The predicted octanol–water partition coefficient (Wildman–Crippen LogP) is 5.88. The SMILES string of the molecule is Cc1cc(-c2nc3c4c(ncn3n2)OC2=C(CCC/C2=C\c2ccccc2)C4c2ccccc2)n(C)n1. The Balaban J connectivity index is 1.44. The minimum absolute atomic E-state index is 0.0130. The normalized spacial score (nSPS) is 18.1. The van der Waals surface area contributed by atoms with Crippen molar-refractivity contribution in [2.75, 3.05) is 0 Å². The molecule has 1 aliphatic carbocycles. The van der Waals surface area contributed by atoms with Gasteiger partial charge in [0.15, 0.2) is 11.5 Å². The summed E-state index contributed by atoms with van der Waals surface area (Å²) in [6, 6.07) is 23.1. The molecule has 0 saturated heterocycles. The average Bonchev–Trinajstić information content (AvgIpc) is 3.51. The zero-order valence-corrected chi connectivity index (χ0v) is 20.8. The molecule has 4 heterocycles. The van der Waals surface area contributed by atoms with Crippen LogP contribution in [-0.4, -0.2) is 29.4 Å². The van der Waals surface area contributed by atoms with Gasteiger partial charge < -0.3 is 4.74 Å². The molecule has 2 aromatic carbocycles. The van der Waals surface area contributed by atoms with Gasteiger partial charge in [0.05, 0.1) is 11.3 Å². The highest BCUT2D eigenvalue weighted by Gasteiger charge is 2.37. The number of rotatable bonds is 3. The molecule has 7 nitrogen and oxygen atoms in total. The molecule has 3 aromatic heterocycles. The summed E-state index contributed by atoms with van der Waals surface area (Å²) >= 11 is 0. The second kappa shape index (κ2) is 8.55. The van der Waals surface area contributed by atoms with Crippen LogP contribution in [0.5, 0.6) is 5.88 Å². The molecular formula is C30H26N6O. The maximum absolute atomic E-state index is 6.62. The highest BCUT2D eigenvalue weighted by atomic mass is 16.5. The molecule has 0 spiro atoms. The summed E-state index contributed by atoms with van der Waals surface area (Å²) in [5.41, 5.74) is 8.40. The minimum atomic E-state index is -0.0130. The van der Waals surface area contributed by atoms with Gasteiger partial charge in [-0.25, -0.2) is 14.5 Å². The monoisotopic (exact) mass is 486 g/mol. The quantitative estimate of drug-likeness (QED) is 0.319. The summed E-state index contributed by atoms with van der Waals surface area (Å²) in [6.07, 6.45) is 6.96. The molecule has 2 aliphatic rings. The molecule has 0 saturated carbocycles. The molecule has 0 fully saturated rings. The Morgan fingerprint density at radius 1 is 0.973 bits per heavy atom. The fourth-order valence-electron chi connectivity index (χ4n) is 5.60. The minimum Gasteiger partial charge on any atom is -0.438 e. The maximum Gasteiger partial charge on any atom is 0.228 e. The lowest BCUT2D eigenvalue weighted by atomic mass is 9.77. The van der Waals surface area contributed by atoms with Crippen LogP contribution in [0.25, 0.3) is 23.2 Å². The van der Waals surface area contributed by atoms with Crippen LogP contribution in [0.2, 0.25) is 0 Å². The lowest BCUT2D eigenvalue weighted by molar-refractivity contribution is 0.371. The number of nitrogens with zero attached hydrogens (tertiary/aromatic N) is 6. The number of allylic oxidation sites excluding steroid dienone is 2. The maximum atomic E-state index is 6.62. The van der Waals surface area contributed by atoms with Gasteiger partial charge in [-0.15, -0.1) is 5.10 Å². The Labute approximate surface area is 214 Å². The average molecular weight is 487 g/mol. The van der Waals surface area contributed by atoms with E-state index in [9.17, 15) is 0 Å². The van der Waals surface area contributed by atoms with Gasteiger partial charge in [0, 0.05) is 13.0 Å². The Morgan fingerprint density at radius 3 is 2.51 bits per heavy atom. The summed E-state index contributed by atoms with van der Waals surface area (Å²) in [6.45, 7) is 1.97. The van der Waals surface area contributed by atoms with E-state index in [2.05, 4.69) is 65.8 Å². The van der Waals surface area contributed by atoms with Gasteiger partial charge in [0.25, 0.3) is 0 Å². The number of aromatic nitrogens is 6. The third-order valence-electron chi connectivity index (χ3n) is 7.20. The summed E-state index contributed by atoms with van der Waals surface area (Å²) in [5, 5.41) is 9.25. The van der Waals surface area contributed by atoms with Gasteiger partial charge in [-0.05, 0) is 60.6 Å². The van der Waals surface area contributed by atoms with E-state index in [-0.39, 0.29) is 5.92 Å². The molecule has 7 heteroatoms. The number of fused-ring (bicyclic) bond motifs is 3. The van der Waals surface area contributed by atoms with Gasteiger partial charge in [0.1, 0.15) is 17.8 Å². The van der Waals surface area contributed by atoms with Crippen LogP contribution in [-0.2, 0) is 7.05 Å². The van der Waals surface area contributed by atoms with E-state index in [1.165, 1.54) is 22.3 Å². The van der Waals surface area contributed by atoms with Gasteiger partial charge in [-0.3, -0.25) is 4.68 Å². The Bertz CT molecular complexity index is 1690. The van der Waals surface area contributed by atoms with Crippen molar-refractivity contribution in [1.29, 1.82) is 0 Å². The Hall–Kier alpha value is -4.52. The van der Waals surface area contributed by atoms with Crippen LogP contribution in [0, 0.1) is 6.92 Å². The van der Waals surface area contributed by atoms with E-state index >= 15 is 0 Å². The molecule has 5 aromatic rings. The molecule has 1 atom stereocenters. The molecule has 0 radical (unpaired) electrons. The second-order valence-corrected chi connectivity index (χ2v) is 9.70. The Morgan fingerprint density at radius 2 is 1.76 bits per heavy atom. The Kier molecular flexibility index (Phi) is 5.02. The molecule has 1 aliphatic heterocycles. The van der Waals surface area contributed by atoms with E-state index in [1.807, 2.05) is 30.8 Å². The summed E-state index contributed by atoms with van der Waals surface area (Å²) in [4.78, 5) is 9.75.